The van der Waals surface area contributed by atoms with Gasteiger partial charge in [0.25, 0.3) is 0 Å². The number of aliphatic hydroxyl groups is 1. The molecule has 182 valence electrons. The fourth-order valence-electron chi connectivity index (χ4n) is 2.48. The molecule has 33 heavy (non-hydrogen) atoms. The summed E-state index contributed by atoms with van der Waals surface area (Å²) in [6, 6.07) is -4.50. The second-order valence-corrected chi connectivity index (χ2v) is 6.60. The van der Waals surface area contributed by atoms with Crippen LogP contribution in [0.3, 0.4) is 0 Å². The van der Waals surface area contributed by atoms with E-state index in [0.29, 0.717) is 5.69 Å². The minimum atomic E-state index is -1.56. The zero-order valence-corrected chi connectivity index (χ0v) is 17.2. The predicted octanol–water partition coefficient (Wildman–Crippen LogP) is -4.97. The highest BCUT2D eigenvalue weighted by atomic mass is 16.4. The molecule has 1 aromatic heterocycles. The van der Waals surface area contributed by atoms with Crippen molar-refractivity contribution in [1.82, 2.24) is 31.2 Å². The third-order valence-electron chi connectivity index (χ3n) is 4.05. The molecule has 0 aliphatic rings. The zero-order valence-electron chi connectivity index (χ0n) is 17.2. The minimum Gasteiger partial charge on any atom is -0.481 e. The van der Waals surface area contributed by atoms with Crippen molar-refractivity contribution in [2.45, 2.75) is 31.0 Å². The Hall–Kier alpha value is -4.05. The lowest BCUT2D eigenvalue weighted by molar-refractivity contribution is -0.141. The first-order chi connectivity index (χ1) is 15.6. The summed E-state index contributed by atoms with van der Waals surface area (Å²) in [4.78, 5) is 77.1. The Balaban J connectivity index is 3.00. The first kappa shape index (κ1) is 27.0. The first-order valence-electron chi connectivity index (χ1n) is 9.47. The topological polar surface area (TPSA) is 266 Å². The third-order valence-corrected chi connectivity index (χ3v) is 4.05. The molecule has 16 nitrogen and oxygen atoms in total. The molecule has 1 aromatic rings. The van der Waals surface area contributed by atoms with Gasteiger partial charge in [-0.25, -0.2) is 4.98 Å². The van der Waals surface area contributed by atoms with Gasteiger partial charge in [0.15, 0.2) is 0 Å². The van der Waals surface area contributed by atoms with Gasteiger partial charge >= 0.3 is 11.9 Å². The molecule has 0 saturated heterocycles. The van der Waals surface area contributed by atoms with Crippen molar-refractivity contribution in [3.63, 3.8) is 0 Å². The number of carbonyl (C=O) groups excluding carboxylic acids is 4. The van der Waals surface area contributed by atoms with E-state index in [9.17, 15) is 33.9 Å². The number of amides is 4. The molecule has 0 aliphatic carbocycles. The van der Waals surface area contributed by atoms with Crippen LogP contribution in [-0.2, 0) is 35.2 Å². The Labute approximate surface area is 186 Å². The van der Waals surface area contributed by atoms with Crippen molar-refractivity contribution in [2.24, 2.45) is 5.73 Å². The van der Waals surface area contributed by atoms with Crippen LogP contribution in [0.4, 0.5) is 0 Å². The van der Waals surface area contributed by atoms with Gasteiger partial charge in [-0.3, -0.25) is 28.8 Å². The number of carboxylic acid groups (broad SMARTS) is 2. The Morgan fingerprint density at radius 2 is 1.58 bits per heavy atom. The predicted molar refractivity (Wildman–Crippen MR) is 107 cm³/mol. The number of nitrogens with two attached hydrogens (primary N) is 1. The molecular formula is C17H25N7O9. The maximum absolute atomic E-state index is 12.7. The van der Waals surface area contributed by atoms with Gasteiger partial charge in [0, 0.05) is 12.6 Å². The Morgan fingerprint density at radius 1 is 0.939 bits per heavy atom. The largest absolute Gasteiger partial charge is 0.481 e. The molecule has 0 spiro atoms. The van der Waals surface area contributed by atoms with Gasteiger partial charge in [-0.15, -0.1) is 0 Å². The molecule has 4 amide bonds. The maximum Gasteiger partial charge on any atom is 0.322 e. The van der Waals surface area contributed by atoms with Crippen LogP contribution in [0.25, 0.3) is 0 Å². The lowest BCUT2D eigenvalue weighted by atomic mass is 10.1. The Morgan fingerprint density at radius 3 is 2.09 bits per heavy atom. The fourth-order valence-corrected chi connectivity index (χ4v) is 2.48. The Bertz CT molecular complexity index is 859. The van der Waals surface area contributed by atoms with E-state index in [4.69, 9.17) is 15.9 Å². The average molecular weight is 471 g/mol. The van der Waals surface area contributed by atoms with Gasteiger partial charge in [0.1, 0.15) is 24.7 Å². The summed E-state index contributed by atoms with van der Waals surface area (Å²) in [5, 5.41) is 35.6. The number of rotatable bonds is 14. The number of hydrogen-bond acceptors (Lipinski definition) is 9. The van der Waals surface area contributed by atoms with E-state index in [1.165, 1.54) is 12.5 Å². The van der Waals surface area contributed by atoms with Gasteiger partial charge < -0.3 is 47.3 Å². The van der Waals surface area contributed by atoms with E-state index in [2.05, 4.69) is 25.9 Å². The van der Waals surface area contributed by atoms with E-state index in [0.717, 1.165) is 0 Å². The summed E-state index contributed by atoms with van der Waals surface area (Å²) < 4.78 is 0. The number of imidazole rings is 1. The molecule has 16 heteroatoms. The number of aromatic nitrogens is 2. The summed E-state index contributed by atoms with van der Waals surface area (Å²) in [7, 11) is 0. The molecule has 1 heterocycles. The van der Waals surface area contributed by atoms with Crippen LogP contribution in [0, 0.1) is 0 Å². The highest BCUT2D eigenvalue weighted by molar-refractivity contribution is 5.96. The monoisotopic (exact) mass is 471 g/mol. The van der Waals surface area contributed by atoms with Crippen molar-refractivity contribution in [3.05, 3.63) is 18.2 Å². The first-order valence-corrected chi connectivity index (χ1v) is 9.47. The minimum absolute atomic E-state index is 0.208. The second-order valence-electron chi connectivity index (χ2n) is 6.60. The number of carboxylic acids is 2. The highest BCUT2D eigenvalue weighted by Crippen LogP contribution is 2.02. The van der Waals surface area contributed by atoms with Crippen LogP contribution in [0.5, 0.6) is 0 Å². The van der Waals surface area contributed by atoms with E-state index in [-0.39, 0.29) is 6.42 Å². The number of nitrogens with one attached hydrogen (secondary N) is 5. The van der Waals surface area contributed by atoms with E-state index >= 15 is 0 Å². The van der Waals surface area contributed by atoms with Gasteiger partial charge in [-0.05, 0) is 0 Å². The number of H-pyrrole nitrogens is 1. The summed E-state index contributed by atoms with van der Waals surface area (Å²) in [5.41, 5.74) is 5.48. The molecule has 0 aromatic carbocycles. The highest BCUT2D eigenvalue weighted by Gasteiger charge is 2.31. The molecule has 0 aliphatic heterocycles. The molecule has 10 N–H and O–H groups in total. The van der Waals surface area contributed by atoms with Crippen LogP contribution in [0.1, 0.15) is 12.1 Å². The van der Waals surface area contributed by atoms with E-state index in [1.807, 2.05) is 5.32 Å². The zero-order chi connectivity index (χ0) is 25.0. The smallest absolute Gasteiger partial charge is 0.322 e. The Kier molecular flexibility index (Phi) is 10.9. The summed E-state index contributed by atoms with van der Waals surface area (Å²) >= 11 is 0. The lowest BCUT2D eigenvalue weighted by Gasteiger charge is -2.24. The SMILES string of the molecule is NCC(=O)N[C@@H](CC(=O)O)C(=O)N[C@@H](Cc1c[nH]cn1)C(=O)N[C@@H](CO)C(=O)NCC(=O)O. The molecule has 1 rings (SSSR count). The van der Waals surface area contributed by atoms with Gasteiger partial charge in [-0.2, -0.15) is 0 Å². The number of hydrogen-bond donors (Lipinski definition) is 9. The average Bonchev–Trinajstić information content (AvgIpc) is 3.27. The number of nitrogens with zero attached hydrogens (tertiary/aromatic N) is 1. The number of aromatic amines is 1. The molecule has 0 radical (unpaired) electrons. The molecular weight excluding hydrogens is 446 g/mol. The lowest BCUT2D eigenvalue weighted by Crippen LogP contribution is -2.58. The molecule has 0 unspecified atom stereocenters. The van der Waals surface area contributed by atoms with Crippen LogP contribution in [-0.4, -0.2) is 98.7 Å². The van der Waals surface area contributed by atoms with Crippen LogP contribution in [0.15, 0.2) is 12.5 Å². The second kappa shape index (κ2) is 13.4. The number of aliphatic carboxylic acids is 2. The molecule has 3 atom stereocenters. The summed E-state index contributed by atoms with van der Waals surface area (Å²) in [6.07, 6.45) is 1.71. The normalized spacial score (nSPS) is 13.2. The molecule has 0 saturated carbocycles. The number of carbonyl (C=O) groups is 6. The van der Waals surface area contributed by atoms with E-state index < -0.39 is 79.8 Å². The van der Waals surface area contributed by atoms with Crippen LogP contribution in [0.2, 0.25) is 0 Å². The van der Waals surface area contributed by atoms with Crippen molar-refractivity contribution >= 4 is 35.6 Å². The van der Waals surface area contributed by atoms with E-state index in [1.54, 1.807) is 0 Å². The van der Waals surface area contributed by atoms with Crippen LogP contribution < -0.4 is 27.0 Å². The summed E-state index contributed by atoms with van der Waals surface area (Å²) in [5.74, 6) is -6.53. The molecule has 0 bridgehead atoms. The van der Waals surface area contributed by atoms with Gasteiger partial charge in [0.2, 0.25) is 23.6 Å². The van der Waals surface area contributed by atoms with Crippen LogP contribution >= 0.6 is 0 Å². The standard InChI is InChI=1S/C17H25N7O9/c18-3-12(26)22-10(2-13(27)28)17(33)23-9(1-8-4-19-7-21-8)16(32)24-11(6-25)15(31)20-5-14(29)30/h4,7,9-11,25H,1-3,5-6,18H2,(H,19,21)(H,20,31)(H,22,26)(H,23,33)(H,24,32)(H,27,28)(H,29,30)/t9-,10-,11-/m0/s1. The fraction of sp³-hybridized carbons (Fsp3) is 0.471. The van der Waals surface area contributed by atoms with Crippen molar-refractivity contribution in [3.8, 4) is 0 Å². The van der Waals surface area contributed by atoms with Crippen molar-refractivity contribution in [2.75, 3.05) is 19.7 Å². The van der Waals surface area contributed by atoms with Crippen molar-refractivity contribution < 1.29 is 44.1 Å². The third kappa shape index (κ3) is 9.74. The van der Waals surface area contributed by atoms with Gasteiger partial charge in [-0.1, -0.05) is 0 Å². The quantitative estimate of drug-likeness (QED) is 0.124. The van der Waals surface area contributed by atoms with Crippen molar-refractivity contribution in [1.29, 1.82) is 0 Å². The molecule has 0 fully saturated rings. The maximum atomic E-state index is 12.7. The number of aliphatic hydroxyl groups excluding tert-OH is 1. The summed E-state index contributed by atoms with van der Waals surface area (Å²) in [6.45, 7) is -2.14. The van der Waals surface area contributed by atoms with Gasteiger partial charge in [0.05, 0.1) is 31.6 Å².